The summed E-state index contributed by atoms with van der Waals surface area (Å²) in [5.41, 5.74) is -0.353. The first-order valence-electron chi connectivity index (χ1n) is 8.02. The molecular weight excluding hydrogens is 327 g/mol. The summed E-state index contributed by atoms with van der Waals surface area (Å²) in [4.78, 5) is 33.0. The van der Waals surface area contributed by atoms with Crippen LogP contribution in [0.15, 0.2) is 29.1 Å². The van der Waals surface area contributed by atoms with Crippen LogP contribution in [0.2, 0.25) is 0 Å². The molecule has 1 fully saturated rings. The third kappa shape index (κ3) is 3.69. The van der Waals surface area contributed by atoms with Gasteiger partial charge in [-0.1, -0.05) is 12.1 Å². The molecule has 1 aliphatic heterocycles. The maximum atomic E-state index is 12.9. The molecule has 1 aromatic carbocycles. The predicted molar refractivity (Wildman–Crippen MR) is 88.7 cm³/mol. The second-order valence-corrected chi connectivity index (χ2v) is 6.10. The SMILES string of the molecule is CN1CCCC1c1nc(C(=O)NCc2ccc(F)cc2)c(O)c(=O)[nH]1. The van der Waals surface area contributed by atoms with Gasteiger partial charge in [-0.3, -0.25) is 14.5 Å². The van der Waals surface area contributed by atoms with Crippen molar-refractivity contribution in [2.45, 2.75) is 25.4 Å². The molecular formula is C17H19FN4O3. The molecule has 1 aliphatic rings. The molecule has 1 amide bonds. The Morgan fingerprint density at radius 3 is 2.80 bits per heavy atom. The second-order valence-electron chi connectivity index (χ2n) is 6.10. The molecule has 2 heterocycles. The molecule has 2 aromatic rings. The van der Waals surface area contributed by atoms with E-state index >= 15 is 0 Å². The summed E-state index contributed by atoms with van der Waals surface area (Å²) in [6.07, 6.45) is 1.79. The quantitative estimate of drug-likeness (QED) is 0.775. The number of nitrogens with one attached hydrogen (secondary N) is 2. The molecule has 8 heteroatoms. The lowest BCUT2D eigenvalue weighted by Gasteiger charge is -2.19. The lowest BCUT2D eigenvalue weighted by atomic mass is 10.2. The molecule has 25 heavy (non-hydrogen) atoms. The van der Waals surface area contributed by atoms with Gasteiger partial charge in [-0.05, 0) is 44.1 Å². The Kier molecular flexibility index (Phi) is 4.80. The first-order valence-corrected chi connectivity index (χ1v) is 8.02. The first kappa shape index (κ1) is 17.1. The summed E-state index contributed by atoms with van der Waals surface area (Å²) in [6, 6.07) is 5.58. The number of carbonyl (C=O) groups is 1. The van der Waals surface area contributed by atoms with Crippen molar-refractivity contribution in [3.05, 3.63) is 57.5 Å². The first-order chi connectivity index (χ1) is 12.0. The monoisotopic (exact) mass is 346 g/mol. The number of aromatic amines is 1. The van der Waals surface area contributed by atoms with E-state index < -0.39 is 17.2 Å². The zero-order valence-electron chi connectivity index (χ0n) is 13.8. The van der Waals surface area contributed by atoms with E-state index in [1.807, 2.05) is 11.9 Å². The minimum absolute atomic E-state index is 0.0862. The van der Waals surface area contributed by atoms with Gasteiger partial charge < -0.3 is 15.4 Å². The molecule has 0 bridgehead atoms. The van der Waals surface area contributed by atoms with Crippen LogP contribution in [0.5, 0.6) is 5.75 Å². The van der Waals surface area contributed by atoms with Gasteiger partial charge in [0.15, 0.2) is 5.69 Å². The maximum absolute atomic E-state index is 12.9. The minimum atomic E-state index is -0.739. The summed E-state index contributed by atoms with van der Waals surface area (Å²) < 4.78 is 12.9. The molecule has 0 saturated carbocycles. The van der Waals surface area contributed by atoms with Crippen LogP contribution in [0.3, 0.4) is 0 Å². The Balaban J connectivity index is 1.80. The van der Waals surface area contributed by atoms with Crippen molar-refractivity contribution >= 4 is 5.91 Å². The Morgan fingerprint density at radius 1 is 1.44 bits per heavy atom. The van der Waals surface area contributed by atoms with Crippen molar-refractivity contribution < 1.29 is 14.3 Å². The number of aromatic hydroxyl groups is 1. The number of likely N-dealkylation sites (tertiary alicyclic amines) is 1. The summed E-state index contributed by atoms with van der Waals surface area (Å²) in [6.45, 7) is 1.01. The van der Waals surface area contributed by atoms with Gasteiger partial charge in [0.25, 0.3) is 11.5 Å². The summed E-state index contributed by atoms with van der Waals surface area (Å²) in [5, 5.41) is 12.5. The highest BCUT2D eigenvalue weighted by atomic mass is 19.1. The lowest BCUT2D eigenvalue weighted by Crippen LogP contribution is -2.29. The zero-order valence-corrected chi connectivity index (χ0v) is 13.8. The number of aromatic nitrogens is 2. The van der Waals surface area contributed by atoms with E-state index in [9.17, 15) is 19.1 Å². The third-order valence-electron chi connectivity index (χ3n) is 4.33. The highest BCUT2D eigenvalue weighted by molar-refractivity contribution is 5.94. The number of benzene rings is 1. The van der Waals surface area contributed by atoms with E-state index in [0.717, 1.165) is 19.4 Å². The molecule has 3 N–H and O–H groups in total. The van der Waals surface area contributed by atoms with Crippen molar-refractivity contribution in [1.29, 1.82) is 0 Å². The van der Waals surface area contributed by atoms with Gasteiger partial charge >= 0.3 is 0 Å². The molecule has 132 valence electrons. The van der Waals surface area contributed by atoms with Crippen LogP contribution in [-0.4, -0.2) is 39.5 Å². The minimum Gasteiger partial charge on any atom is -0.501 e. The number of hydrogen-bond donors (Lipinski definition) is 3. The van der Waals surface area contributed by atoms with E-state index in [-0.39, 0.29) is 24.1 Å². The molecule has 1 unspecified atom stereocenters. The van der Waals surface area contributed by atoms with E-state index in [0.29, 0.717) is 11.4 Å². The van der Waals surface area contributed by atoms with Crippen LogP contribution in [0, 0.1) is 5.82 Å². The molecule has 1 atom stereocenters. The molecule has 3 rings (SSSR count). The van der Waals surface area contributed by atoms with Crippen molar-refractivity contribution in [3.63, 3.8) is 0 Å². The number of nitrogens with zero attached hydrogens (tertiary/aromatic N) is 2. The lowest BCUT2D eigenvalue weighted by molar-refractivity contribution is 0.0941. The fourth-order valence-corrected chi connectivity index (χ4v) is 2.92. The summed E-state index contributed by atoms with van der Waals surface area (Å²) in [7, 11) is 1.92. The number of halogens is 1. The van der Waals surface area contributed by atoms with Crippen LogP contribution in [0.25, 0.3) is 0 Å². The van der Waals surface area contributed by atoms with E-state index in [1.165, 1.54) is 12.1 Å². The standard InChI is InChI=1S/C17H19FN4O3/c1-22-8-2-3-12(22)15-20-13(14(23)17(25)21-15)16(24)19-9-10-4-6-11(18)7-5-10/h4-7,12,23H,2-3,8-9H2,1H3,(H,19,24)(H,20,21,25). The van der Waals surface area contributed by atoms with Gasteiger partial charge in [0.2, 0.25) is 5.75 Å². The molecule has 0 aliphatic carbocycles. The van der Waals surface area contributed by atoms with Crippen molar-refractivity contribution in [2.24, 2.45) is 0 Å². The average molecular weight is 346 g/mol. The van der Waals surface area contributed by atoms with Crippen molar-refractivity contribution in [3.8, 4) is 5.75 Å². The van der Waals surface area contributed by atoms with Gasteiger partial charge in [-0.15, -0.1) is 0 Å². The van der Waals surface area contributed by atoms with Crippen LogP contribution in [-0.2, 0) is 6.54 Å². The average Bonchev–Trinajstić information content (AvgIpc) is 3.02. The van der Waals surface area contributed by atoms with Gasteiger partial charge in [0.1, 0.15) is 11.6 Å². The molecule has 1 saturated heterocycles. The van der Waals surface area contributed by atoms with Gasteiger partial charge in [0.05, 0.1) is 6.04 Å². The Morgan fingerprint density at radius 2 is 2.16 bits per heavy atom. The zero-order chi connectivity index (χ0) is 18.0. The third-order valence-corrected chi connectivity index (χ3v) is 4.33. The highest BCUT2D eigenvalue weighted by Crippen LogP contribution is 2.28. The number of carbonyl (C=O) groups excluding carboxylic acids is 1. The summed E-state index contributed by atoms with van der Waals surface area (Å²) in [5.74, 6) is -1.36. The number of amides is 1. The second kappa shape index (κ2) is 7.02. The van der Waals surface area contributed by atoms with E-state index in [4.69, 9.17) is 0 Å². The molecule has 7 nitrogen and oxygen atoms in total. The summed E-state index contributed by atoms with van der Waals surface area (Å²) >= 11 is 0. The van der Waals surface area contributed by atoms with Gasteiger partial charge in [0, 0.05) is 6.54 Å². The predicted octanol–water partition coefficient (Wildman–Crippen LogP) is 1.31. The number of rotatable bonds is 4. The highest BCUT2D eigenvalue weighted by Gasteiger charge is 2.27. The van der Waals surface area contributed by atoms with Gasteiger partial charge in [-0.25, -0.2) is 9.37 Å². The van der Waals surface area contributed by atoms with Crippen molar-refractivity contribution in [1.82, 2.24) is 20.2 Å². The Bertz CT molecular complexity index is 835. The molecule has 0 spiro atoms. The molecule has 1 aromatic heterocycles. The number of H-pyrrole nitrogens is 1. The topological polar surface area (TPSA) is 98.3 Å². The van der Waals surface area contributed by atoms with Crippen LogP contribution >= 0.6 is 0 Å². The van der Waals surface area contributed by atoms with E-state index in [1.54, 1.807) is 12.1 Å². The maximum Gasteiger partial charge on any atom is 0.293 e. The van der Waals surface area contributed by atoms with Crippen LogP contribution < -0.4 is 10.9 Å². The van der Waals surface area contributed by atoms with E-state index in [2.05, 4.69) is 15.3 Å². The van der Waals surface area contributed by atoms with Crippen LogP contribution in [0.4, 0.5) is 4.39 Å². The molecule has 0 radical (unpaired) electrons. The fourth-order valence-electron chi connectivity index (χ4n) is 2.92. The van der Waals surface area contributed by atoms with Crippen molar-refractivity contribution in [2.75, 3.05) is 13.6 Å². The normalized spacial score (nSPS) is 17.6. The smallest absolute Gasteiger partial charge is 0.293 e. The Labute approximate surface area is 143 Å². The largest absolute Gasteiger partial charge is 0.501 e. The van der Waals surface area contributed by atoms with Crippen LogP contribution in [0.1, 0.15) is 40.8 Å². The fraction of sp³-hybridized carbons (Fsp3) is 0.353. The number of hydrogen-bond acceptors (Lipinski definition) is 5. The van der Waals surface area contributed by atoms with Gasteiger partial charge in [-0.2, -0.15) is 0 Å². The Hall–Kier alpha value is -2.74.